The van der Waals surface area contributed by atoms with Crippen molar-refractivity contribution in [1.29, 1.82) is 0 Å². The number of hydrogen-bond acceptors (Lipinski definition) is 3. The van der Waals surface area contributed by atoms with Crippen LogP contribution in [0.2, 0.25) is 5.02 Å². The molecule has 0 bridgehead atoms. The Morgan fingerprint density at radius 2 is 2.00 bits per heavy atom. The van der Waals surface area contributed by atoms with Gasteiger partial charge in [0.1, 0.15) is 5.82 Å². The number of rotatable bonds is 2. The molecule has 0 saturated heterocycles. The second kappa shape index (κ2) is 5.22. The molecule has 5 heteroatoms. The number of nitrogen functional groups attached to an aromatic ring is 1. The van der Waals surface area contributed by atoms with Gasteiger partial charge >= 0.3 is 0 Å². The van der Waals surface area contributed by atoms with E-state index in [1.807, 2.05) is 25.1 Å². The molecule has 0 spiro atoms. The van der Waals surface area contributed by atoms with Crippen molar-refractivity contribution in [3.8, 4) is 22.5 Å². The molecule has 0 saturated carbocycles. The molecular formula is C16H12ClFN2O. The lowest BCUT2D eigenvalue weighted by molar-refractivity contribution is 0.436. The molecule has 3 nitrogen and oxygen atoms in total. The van der Waals surface area contributed by atoms with Gasteiger partial charge in [-0.3, -0.25) is 0 Å². The van der Waals surface area contributed by atoms with E-state index in [0.717, 1.165) is 5.56 Å². The molecule has 1 heterocycles. The summed E-state index contributed by atoms with van der Waals surface area (Å²) < 4.78 is 18.8. The third-order valence-electron chi connectivity index (χ3n) is 3.20. The number of nitrogens with two attached hydrogens (primary N) is 1. The summed E-state index contributed by atoms with van der Waals surface area (Å²) in [5.41, 5.74) is 8.71. The maximum Gasteiger partial charge on any atom is 0.178 e. The van der Waals surface area contributed by atoms with E-state index in [0.29, 0.717) is 27.5 Å². The van der Waals surface area contributed by atoms with Gasteiger partial charge in [0.2, 0.25) is 0 Å². The van der Waals surface area contributed by atoms with Crippen LogP contribution in [0.5, 0.6) is 0 Å². The van der Waals surface area contributed by atoms with E-state index in [1.165, 1.54) is 12.1 Å². The zero-order valence-corrected chi connectivity index (χ0v) is 12.0. The number of halogens is 2. The molecule has 0 radical (unpaired) electrons. The van der Waals surface area contributed by atoms with Gasteiger partial charge in [-0.15, -0.1) is 0 Å². The zero-order chi connectivity index (χ0) is 15.0. The molecule has 3 rings (SSSR count). The van der Waals surface area contributed by atoms with Crippen LogP contribution in [0.25, 0.3) is 22.5 Å². The highest BCUT2D eigenvalue weighted by molar-refractivity contribution is 6.33. The number of benzene rings is 2. The van der Waals surface area contributed by atoms with Crippen LogP contribution >= 0.6 is 11.6 Å². The van der Waals surface area contributed by atoms with Gasteiger partial charge in [-0.05, 0) is 42.3 Å². The van der Waals surface area contributed by atoms with E-state index in [4.69, 9.17) is 21.9 Å². The highest BCUT2D eigenvalue weighted by Gasteiger charge is 2.20. The van der Waals surface area contributed by atoms with Gasteiger partial charge in [0.25, 0.3) is 0 Å². The van der Waals surface area contributed by atoms with Crippen LogP contribution in [0.15, 0.2) is 47.0 Å². The first-order chi connectivity index (χ1) is 10.1. The predicted octanol–water partition coefficient (Wildman–Crippen LogP) is 4.69. The molecule has 0 fully saturated rings. The number of nitrogens with zero attached hydrogens (tertiary/aromatic N) is 1. The van der Waals surface area contributed by atoms with Crippen LogP contribution in [-0.4, -0.2) is 5.16 Å². The van der Waals surface area contributed by atoms with E-state index in [2.05, 4.69) is 5.16 Å². The predicted molar refractivity (Wildman–Crippen MR) is 81.5 cm³/mol. The van der Waals surface area contributed by atoms with Gasteiger partial charge in [-0.2, -0.15) is 0 Å². The van der Waals surface area contributed by atoms with Crippen molar-refractivity contribution in [2.75, 3.05) is 5.73 Å². The number of hydrogen-bond donors (Lipinski definition) is 1. The summed E-state index contributed by atoms with van der Waals surface area (Å²) in [6, 6.07) is 11.7. The maximum atomic E-state index is 13.4. The molecule has 0 aliphatic rings. The van der Waals surface area contributed by atoms with Crippen molar-refractivity contribution in [2.45, 2.75) is 6.92 Å². The van der Waals surface area contributed by atoms with E-state index in [1.54, 1.807) is 12.1 Å². The summed E-state index contributed by atoms with van der Waals surface area (Å²) in [5, 5.41) is 4.32. The highest BCUT2D eigenvalue weighted by Crippen LogP contribution is 2.39. The minimum Gasteiger partial charge on any atom is -0.380 e. The SMILES string of the molecule is Cc1ccc(-c2onc(N)c2-c2cccc(F)c2)c(Cl)c1. The Balaban J connectivity index is 2.22. The monoisotopic (exact) mass is 302 g/mol. The summed E-state index contributed by atoms with van der Waals surface area (Å²) >= 11 is 6.26. The largest absolute Gasteiger partial charge is 0.380 e. The van der Waals surface area contributed by atoms with Crippen LogP contribution in [0.3, 0.4) is 0 Å². The lowest BCUT2D eigenvalue weighted by Crippen LogP contribution is -1.90. The highest BCUT2D eigenvalue weighted by atomic mass is 35.5. The standard InChI is InChI=1S/C16H12ClFN2O/c1-9-5-6-12(13(17)7-9)15-14(16(19)20-21-15)10-3-2-4-11(18)8-10/h2-8H,1H3,(H2,19,20). The van der Waals surface area contributed by atoms with Gasteiger partial charge in [-0.1, -0.05) is 35.0 Å². The van der Waals surface area contributed by atoms with Gasteiger partial charge < -0.3 is 10.3 Å². The quantitative estimate of drug-likeness (QED) is 0.747. The van der Waals surface area contributed by atoms with Gasteiger partial charge in [0, 0.05) is 5.56 Å². The number of aromatic nitrogens is 1. The lowest BCUT2D eigenvalue weighted by Gasteiger charge is -2.05. The van der Waals surface area contributed by atoms with Crippen molar-refractivity contribution < 1.29 is 8.91 Å². The normalized spacial score (nSPS) is 10.8. The fourth-order valence-corrected chi connectivity index (χ4v) is 2.53. The van der Waals surface area contributed by atoms with Gasteiger partial charge in [0.05, 0.1) is 10.6 Å². The Kier molecular flexibility index (Phi) is 3.39. The molecule has 2 aromatic carbocycles. The Morgan fingerprint density at radius 3 is 2.71 bits per heavy atom. The summed E-state index contributed by atoms with van der Waals surface area (Å²) in [6.07, 6.45) is 0. The molecule has 3 aromatic rings. The van der Waals surface area contributed by atoms with E-state index < -0.39 is 0 Å². The first-order valence-corrected chi connectivity index (χ1v) is 6.71. The Bertz CT molecular complexity index is 814. The second-order valence-corrected chi connectivity index (χ2v) is 5.17. The molecule has 2 N–H and O–H groups in total. The average molecular weight is 303 g/mol. The summed E-state index contributed by atoms with van der Waals surface area (Å²) in [4.78, 5) is 0. The minimum absolute atomic E-state index is 0.201. The van der Waals surface area contributed by atoms with Crippen LogP contribution in [-0.2, 0) is 0 Å². The molecule has 0 unspecified atom stereocenters. The first kappa shape index (κ1) is 13.6. The van der Waals surface area contributed by atoms with Crippen molar-refractivity contribution in [2.24, 2.45) is 0 Å². The van der Waals surface area contributed by atoms with Crippen LogP contribution < -0.4 is 5.73 Å². The molecular weight excluding hydrogens is 291 g/mol. The minimum atomic E-state index is -0.353. The fourth-order valence-electron chi connectivity index (χ4n) is 2.21. The van der Waals surface area contributed by atoms with Gasteiger partial charge in [0.15, 0.2) is 11.6 Å². The smallest absolute Gasteiger partial charge is 0.178 e. The van der Waals surface area contributed by atoms with Crippen molar-refractivity contribution >= 4 is 17.4 Å². The molecule has 0 amide bonds. The summed E-state index contributed by atoms with van der Waals surface area (Å²) in [7, 11) is 0. The molecule has 106 valence electrons. The lowest BCUT2D eigenvalue weighted by atomic mass is 10.0. The molecule has 21 heavy (non-hydrogen) atoms. The van der Waals surface area contributed by atoms with E-state index in [-0.39, 0.29) is 11.6 Å². The average Bonchev–Trinajstić information content (AvgIpc) is 2.80. The van der Waals surface area contributed by atoms with Crippen LogP contribution in [0.4, 0.5) is 10.2 Å². The third kappa shape index (κ3) is 2.50. The van der Waals surface area contributed by atoms with Crippen LogP contribution in [0.1, 0.15) is 5.56 Å². The Morgan fingerprint density at radius 1 is 1.19 bits per heavy atom. The Hall–Kier alpha value is -2.33. The van der Waals surface area contributed by atoms with E-state index >= 15 is 0 Å². The second-order valence-electron chi connectivity index (χ2n) is 4.77. The summed E-state index contributed by atoms with van der Waals surface area (Å²) in [5.74, 6) is 0.282. The number of anilines is 1. The zero-order valence-electron chi connectivity index (χ0n) is 11.2. The topological polar surface area (TPSA) is 52.0 Å². The fraction of sp³-hybridized carbons (Fsp3) is 0.0625. The van der Waals surface area contributed by atoms with Crippen LogP contribution in [0, 0.1) is 12.7 Å². The van der Waals surface area contributed by atoms with Crippen molar-refractivity contribution in [1.82, 2.24) is 5.16 Å². The van der Waals surface area contributed by atoms with E-state index in [9.17, 15) is 4.39 Å². The van der Waals surface area contributed by atoms with Gasteiger partial charge in [-0.25, -0.2) is 4.39 Å². The summed E-state index contributed by atoms with van der Waals surface area (Å²) in [6.45, 7) is 1.94. The first-order valence-electron chi connectivity index (χ1n) is 6.34. The maximum absolute atomic E-state index is 13.4. The number of aryl methyl sites for hydroxylation is 1. The van der Waals surface area contributed by atoms with Crippen molar-refractivity contribution in [3.05, 3.63) is 58.9 Å². The molecule has 1 aromatic heterocycles. The molecule has 0 aliphatic carbocycles. The van der Waals surface area contributed by atoms with Crippen molar-refractivity contribution in [3.63, 3.8) is 0 Å². The molecule has 0 aliphatic heterocycles. The third-order valence-corrected chi connectivity index (χ3v) is 3.51. The Labute approximate surface area is 126 Å². The molecule has 0 atom stereocenters.